The molecule has 0 unspecified atom stereocenters. The quantitative estimate of drug-likeness (QED) is 0.424. The van der Waals surface area contributed by atoms with Crippen molar-refractivity contribution in [1.29, 1.82) is 0 Å². The highest BCUT2D eigenvalue weighted by Crippen LogP contribution is 2.04. The molecule has 0 heterocycles. The second-order valence-corrected chi connectivity index (χ2v) is 2.42. The number of carbonyl (C=O) groups excluding carboxylic acids is 1. The zero-order chi connectivity index (χ0) is 8.53. The molecule has 4 heteroatoms. The first kappa shape index (κ1) is 10.4. The van der Waals surface area contributed by atoms with Gasteiger partial charge in [0.1, 0.15) is 0 Å². The molecule has 0 aliphatic rings. The molecule has 3 N–H and O–H groups in total. The van der Waals surface area contributed by atoms with Crippen LogP contribution in [-0.4, -0.2) is 36.4 Å². The third-order valence-corrected chi connectivity index (χ3v) is 1.56. The Morgan fingerprint density at radius 1 is 1.27 bits per heavy atom. The molecular weight excluding hydrogens is 146 g/mol. The molecule has 0 spiro atoms. The molecule has 0 saturated carbocycles. The van der Waals surface area contributed by atoms with E-state index in [1.807, 2.05) is 0 Å². The highest BCUT2D eigenvalue weighted by molar-refractivity contribution is 5.45. The van der Waals surface area contributed by atoms with Crippen LogP contribution in [0.15, 0.2) is 0 Å². The molecule has 11 heavy (non-hydrogen) atoms. The molecule has 0 rings (SSSR count). The fourth-order valence-electron chi connectivity index (χ4n) is 0.928. The molecule has 0 aromatic carbocycles. The summed E-state index contributed by atoms with van der Waals surface area (Å²) in [6.45, 7) is 0.737. The number of aliphatic hydroxyl groups excluding tert-OH is 2. The summed E-state index contributed by atoms with van der Waals surface area (Å²) >= 11 is 0. The molecule has 0 aliphatic carbocycles. The second kappa shape index (κ2) is 7.50. The smallest absolute Gasteiger partial charge is 0.207 e. The minimum atomic E-state index is 0.102. The van der Waals surface area contributed by atoms with Crippen molar-refractivity contribution in [3.8, 4) is 0 Å². The van der Waals surface area contributed by atoms with Gasteiger partial charge in [0.15, 0.2) is 0 Å². The fraction of sp³-hybridized carbons (Fsp3) is 0.857. The Morgan fingerprint density at radius 2 is 1.82 bits per heavy atom. The van der Waals surface area contributed by atoms with Crippen molar-refractivity contribution in [1.82, 2.24) is 5.32 Å². The van der Waals surface area contributed by atoms with Gasteiger partial charge in [0.05, 0.1) is 0 Å². The lowest BCUT2D eigenvalue weighted by Crippen LogP contribution is -2.23. The number of hydrogen-bond donors (Lipinski definition) is 3. The lowest BCUT2D eigenvalue weighted by Gasteiger charge is -2.12. The van der Waals surface area contributed by atoms with Crippen molar-refractivity contribution in [2.75, 3.05) is 19.8 Å². The fourth-order valence-corrected chi connectivity index (χ4v) is 0.928. The van der Waals surface area contributed by atoms with E-state index >= 15 is 0 Å². The maximum atomic E-state index is 9.88. The molecule has 0 bridgehead atoms. The normalized spacial score (nSPS) is 10.1. The van der Waals surface area contributed by atoms with Crippen LogP contribution in [0.4, 0.5) is 0 Å². The summed E-state index contributed by atoms with van der Waals surface area (Å²) in [4.78, 5) is 9.88. The van der Waals surface area contributed by atoms with E-state index in [1.54, 1.807) is 0 Å². The first-order chi connectivity index (χ1) is 5.35. The van der Waals surface area contributed by atoms with Gasteiger partial charge in [-0.15, -0.1) is 0 Å². The van der Waals surface area contributed by atoms with E-state index in [1.165, 1.54) is 0 Å². The Hall–Kier alpha value is -0.610. The van der Waals surface area contributed by atoms with Gasteiger partial charge in [-0.2, -0.15) is 0 Å². The largest absolute Gasteiger partial charge is 0.396 e. The number of hydrogen-bond acceptors (Lipinski definition) is 3. The predicted octanol–water partition coefficient (Wildman–Crippen LogP) is -0.887. The van der Waals surface area contributed by atoms with Gasteiger partial charge in [-0.25, -0.2) is 0 Å². The van der Waals surface area contributed by atoms with Crippen LogP contribution in [0.1, 0.15) is 12.8 Å². The first-order valence-corrected chi connectivity index (χ1v) is 3.74. The van der Waals surface area contributed by atoms with Crippen molar-refractivity contribution in [3.63, 3.8) is 0 Å². The first-order valence-electron chi connectivity index (χ1n) is 3.74. The molecular formula is C7H15NO3. The summed E-state index contributed by atoms with van der Waals surface area (Å²) in [6.07, 6.45) is 1.88. The maximum absolute atomic E-state index is 9.88. The van der Waals surface area contributed by atoms with E-state index in [0.717, 1.165) is 0 Å². The van der Waals surface area contributed by atoms with Crippen LogP contribution in [0, 0.1) is 5.92 Å². The van der Waals surface area contributed by atoms with E-state index in [4.69, 9.17) is 10.2 Å². The van der Waals surface area contributed by atoms with Crippen molar-refractivity contribution in [3.05, 3.63) is 0 Å². The molecule has 4 nitrogen and oxygen atoms in total. The third-order valence-electron chi connectivity index (χ3n) is 1.56. The lowest BCUT2D eigenvalue weighted by molar-refractivity contribution is -0.109. The molecule has 0 radical (unpaired) electrons. The summed E-state index contributed by atoms with van der Waals surface area (Å²) in [5, 5.41) is 19.6. The minimum absolute atomic E-state index is 0.102. The number of amides is 1. The highest BCUT2D eigenvalue weighted by Gasteiger charge is 2.05. The van der Waals surface area contributed by atoms with Crippen molar-refractivity contribution < 1.29 is 15.0 Å². The van der Waals surface area contributed by atoms with Crippen molar-refractivity contribution >= 4 is 6.41 Å². The SMILES string of the molecule is O=CNCC(CCO)CCO. The topological polar surface area (TPSA) is 69.6 Å². The van der Waals surface area contributed by atoms with Gasteiger partial charge < -0.3 is 15.5 Å². The van der Waals surface area contributed by atoms with E-state index in [2.05, 4.69) is 5.32 Å². The van der Waals surface area contributed by atoms with Crippen LogP contribution >= 0.6 is 0 Å². The van der Waals surface area contributed by atoms with Gasteiger partial charge in [-0.05, 0) is 18.8 Å². The summed E-state index contributed by atoms with van der Waals surface area (Å²) in [7, 11) is 0. The standard InChI is InChI=1S/C7H15NO3/c9-3-1-7(2-4-10)5-8-6-11/h6-7,9-10H,1-5H2,(H,8,11). The van der Waals surface area contributed by atoms with Crippen molar-refractivity contribution in [2.45, 2.75) is 12.8 Å². The Labute approximate surface area is 66.2 Å². The van der Waals surface area contributed by atoms with E-state index in [-0.39, 0.29) is 19.1 Å². The molecule has 0 saturated heterocycles. The molecule has 0 aromatic rings. The highest BCUT2D eigenvalue weighted by atomic mass is 16.3. The monoisotopic (exact) mass is 161 g/mol. The lowest BCUT2D eigenvalue weighted by atomic mass is 10.0. The van der Waals surface area contributed by atoms with Crippen molar-refractivity contribution in [2.24, 2.45) is 5.92 Å². The maximum Gasteiger partial charge on any atom is 0.207 e. The Bertz CT molecular complexity index is 91.7. The molecule has 0 fully saturated rings. The van der Waals surface area contributed by atoms with Gasteiger partial charge in [-0.3, -0.25) is 4.79 Å². The molecule has 66 valence electrons. The Kier molecular flexibility index (Phi) is 7.08. The average molecular weight is 161 g/mol. The van der Waals surface area contributed by atoms with Crippen LogP contribution in [0.5, 0.6) is 0 Å². The Morgan fingerprint density at radius 3 is 2.18 bits per heavy atom. The summed E-state index contributed by atoms with van der Waals surface area (Å²) in [5.74, 6) is 0.190. The third kappa shape index (κ3) is 5.82. The molecule has 0 aromatic heterocycles. The van der Waals surface area contributed by atoms with Crippen LogP contribution in [-0.2, 0) is 4.79 Å². The predicted molar refractivity (Wildman–Crippen MR) is 41.0 cm³/mol. The minimum Gasteiger partial charge on any atom is -0.396 e. The van der Waals surface area contributed by atoms with Crippen LogP contribution in [0.2, 0.25) is 0 Å². The zero-order valence-corrected chi connectivity index (χ0v) is 6.49. The molecule has 0 aliphatic heterocycles. The summed E-state index contributed by atoms with van der Waals surface area (Å²) in [6, 6.07) is 0. The summed E-state index contributed by atoms with van der Waals surface area (Å²) < 4.78 is 0. The number of aliphatic hydroxyl groups is 2. The van der Waals surface area contributed by atoms with Gasteiger partial charge in [0, 0.05) is 19.8 Å². The Balaban J connectivity index is 3.41. The van der Waals surface area contributed by atoms with Crippen LogP contribution in [0.3, 0.4) is 0 Å². The number of rotatable bonds is 7. The van der Waals surface area contributed by atoms with Crippen LogP contribution in [0.25, 0.3) is 0 Å². The van der Waals surface area contributed by atoms with Crippen LogP contribution < -0.4 is 5.32 Å². The van der Waals surface area contributed by atoms with Gasteiger partial charge in [-0.1, -0.05) is 0 Å². The zero-order valence-electron chi connectivity index (χ0n) is 6.49. The van der Waals surface area contributed by atoms with Gasteiger partial charge in [0.25, 0.3) is 0 Å². The molecule has 0 atom stereocenters. The molecule has 1 amide bonds. The average Bonchev–Trinajstić information content (AvgIpc) is 2.01. The van der Waals surface area contributed by atoms with E-state index < -0.39 is 0 Å². The number of nitrogens with one attached hydrogen (secondary N) is 1. The van der Waals surface area contributed by atoms with Gasteiger partial charge in [0.2, 0.25) is 6.41 Å². The summed E-state index contributed by atoms with van der Waals surface area (Å²) in [5.41, 5.74) is 0. The second-order valence-electron chi connectivity index (χ2n) is 2.42. The van der Waals surface area contributed by atoms with Gasteiger partial charge >= 0.3 is 0 Å². The number of carbonyl (C=O) groups is 1. The van der Waals surface area contributed by atoms with E-state index in [9.17, 15) is 4.79 Å². The van der Waals surface area contributed by atoms with E-state index in [0.29, 0.717) is 25.8 Å².